The molecule has 1 aliphatic rings. The fourth-order valence-electron chi connectivity index (χ4n) is 1.88. The first-order valence-electron chi connectivity index (χ1n) is 5.42. The summed E-state index contributed by atoms with van der Waals surface area (Å²) >= 11 is 0. The number of ether oxygens (including phenoxy) is 3. The number of hydrogen-bond acceptors (Lipinski definition) is 6. The van der Waals surface area contributed by atoms with E-state index in [0.29, 0.717) is 23.9 Å². The molecule has 0 saturated carbocycles. The Balaban J connectivity index is 2.12. The number of rotatable bonds is 2. The van der Waals surface area contributed by atoms with Crippen molar-refractivity contribution in [1.82, 2.24) is 5.16 Å². The average Bonchev–Trinajstić information content (AvgIpc) is 2.83. The maximum atomic E-state index is 5.55. The minimum absolute atomic E-state index is 0.247. The molecule has 18 heavy (non-hydrogen) atoms. The van der Waals surface area contributed by atoms with Crippen LogP contribution in [0.2, 0.25) is 0 Å². The number of aromatic nitrogens is 1. The molecule has 1 aromatic carbocycles. The number of nitrogens with zero attached hydrogens (tertiary/aromatic N) is 1. The molecule has 0 radical (unpaired) electrons. The average molecular weight is 248 g/mol. The number of nitrogens with two attached hydrogens (primary N) is 1. The number of benzene rings is 1. The largest absolute Gasteiger partial charge is 0.496 e. The van der Waals surface area contributed by atoms with Gasteiger partial charge >= 0.3 is 0 Å². The van der Waals surface area contributed by atoms with Crippen molar-refractivity contribution >= 4 is 5.82 Å². The summed E-state index contributed by atoms with van der Waals surface area (Å²) in [7, 11) is 1.59. The number of hydrogen-bond donors (Lipinski definition) is 1. The Labute approximate surface area is 103 Å². The van der Waals surface area contributed by atoms with E-state index in [-0.39, 0.29) is 6.79 Å². The first kappa shape index (κ1) is 10.9. The van der Waals surface area contributed by atoms with Crippen molar-refractivity contribution in [2.24, 2.45) is 0 Å². The van der Waals surface area contributed by atoms with E-state index in [2.05, 4.69) is 5.16 Å². The fourth-order valence-corrected chi connectivity index (χ4v) is 1.88. The van der Waals surface area contributed by atoms with Gasteiger partial charge in [-0.05, 0) is 12.1 Å². The van der Waals surface area contributed by atoms with Crippen molar-refractivity contribution in [3.8, 4) is 22.8 Å². The lowest BCUT2D eigenvalue weighted by molar-refractivity contribution is -0.0164. The third-order valence-electron chi connectivity index (χ3n) is 2.73. The molecule has 94 valence electrons. The zero-order valence-corrected chi connectivity index (χ0v) is 9.80. The zero-order valence-electron chi connectivity index (χ0n) is 9.80. The van der Waals surface area contributed by atoms with Gasteiger partial charge in [0.05, 0.1) is 19.3 Å². The van der Waals surface area contributed by atoms with Gasteiger partial charge in [0.1, 0.15) is 11.5 Å². The minimum atomic E-state index is 0.247. The van der Waals surface area contributed by atoms with Crippen LogP contribution in [0.1, 0.15) is 5.56 Å². The Morgan fingerprint density at radius 3 is 2.94 bits per heavy atom. The van der Waals surface area contributed by atoms with E-state index in [9.17, 15) is 0 Å². The summed E-state index contributed by atoms with van der Waals surface area (Å²) in [4.78, 5) is 0. The Hall–Kier alpha value is -2.21. The standard InChI is InChI=1S/C12H12N2O4/c1-15-10-2-7-5-16-6-17-9(7)3-8(10)11-4-12(13)14-18-11/h2-4H,5-6H2,1H3,(H2,13,14). The van der Waals surface area contributed by atoms with E-state index < -0.39 is 0 Å². The van der Waals surface area contributed by atoms with Crippen LogP contribution in [-0.2, 0) is 11.3 Å². The van der Waals surface area contributed by atoms with Gasteiger partial charge in [0.15, 0.2) is 18.4 Å². The molecule has 2 heterocycles. The summed E-state index contributed by atoms with van der Waals surface area (Å²) in [5.41, 5.74) is 7.24. The quantitative estimate of drug-likeness (QED) is 0.872. The van der Waals surface area contributed by atoms with E-state index in [1.165, 1.54) is 0 Å². The number of anilines is 1. The molecular weight excluding hydrogens is 236 g/mol. The van der Waals surface area contributed by atoms with Crippen molar-refractivity contribution in [1.29, 1.82) is 0 Å². The highest BCUT2D eigenvalue weighted by Gasteiger charge is 2.18. The van der Waals surface area contributed by atoms with E-state index in [1.54, 1.807) is 13.2 Å². The SMILES string of the molecule is COc1cc2c(cc1-c1cc(N)no1)OCOC2. The van der Waals surface area contributed by atoms with Gasteiger partial charge in [-0.1, -0.05) is 5.16 Å². The molecule has 3 rings (SSSR count). The molecule has 0 spiro atoms. The summed E-state index contributed by atoms with van der Waals surface area (Å²) < 4.78 is 21.1. The van der Waals surface area contributed by atoms with Crippen LogP contribution in [0.5, 0.6) is 11.5 Å². The van der Waals surface area contributed by atoms with Crippen LogP contribution in [0, 0.1) is 0 Å². The molecule has 1 aromatic heterocycles. The molecule has 6 heteroatoms. The van der Waals surface area contributed by atoms with Gasteiger partial charge in [-0.3, -0.25) is 0 Å². The smallest absolute Gasteiger partial charge is 0.189 e. The third-order valence-corrected chi connectivity index (χ3v) is 2.73. The summed E-state index contributed by atoms with van der Waals surface area (Å²) in [6.45, 7) is 0.752. The van der Waals surface area contributed by atoms with E-state index in [4.69, 9.17) is 24.5 Å². The van der Waals surface area contributed by atoms with Gasteiger partial charge in [-0.2, -0.15) is 0 Å². The zero-order chi connectivity index (χ0) is 12.5. The number of fused-ring (bicyclic) bond motifs is 1. The second kappa shape index (κ2) is 4.23. The lowest BCUT2D eigenvalue weighted by atomic mass is 10.1. The first-order valence-corrected chi connectivity index (χ1v) is 5.42. The summed E-state index contributed by atoms with van der Waals surface area (Å²) in [6.07, 6.45) is 0. The predicted octanol–water partition coefficient (Wildman–Crippen LogP) is 1.80. The lowest BCUT2D eigenvalue weighted by Crippen LogP contribution is -2.11. The molecule has 0 aliphatic carbocycles. The molecule has 6 nitrogen and oxygen atoms in total. The Kier molecular flexibility index (Phi) is 2.56. The molecule has 1 aliphatic heterocycles. The maximum absolute atomic E-state index is 5.55. The highest BCUT2D eigenvalue weighted by atomic mass is 16.7. The van der Waals surface area contributed by atoms with Crippen LogP contribution in [0.3, 0.4) is 0 Å². The maximum Gasteiger partial charge on any atom is 0.189 e. The van der Waals surface area contributed by atoms with Crippen LogP contribution in [0.25, 0.3) is 11.3 Å². The van der Waals surface area contributed by atoms with Gasteiger partial charge in [0.25, 0.3) is 0 Å². The molecule has 2 aromatic rings. The van der Waals surface area contributed by atoms with Crippen LogP contribution < -0.4 is 15.2 Å². The van der Waals surface area contributed by atoms with Crippen molar-refractivity contribution in [2.75, 3.05) is 19.6 Å². The van der Waals surface area contributed by atoms with Crippen molar-refractivity contribution in [2.45, 2.75) is 6.61 Å². The number of nitrogen functional groups attached to an aromatic ring is 1. The molecule has 0 saturated heterocycles. The second-order valence-electron chi connectivity index (χ2n) is 3.89. The monoisotopic (exact) mass is 248 g/mol. The molecular formula is C12H12N2O4. The summed E-state index contributed by atoms with van der Waals surface area (Å²) in [5, 5.41) is 3.66. The molecule has 0 fully saturated rings. The van der Waals surface area contributed by atoms with Gasteiger partial charge in [0.2, 0.25) is 0 Å². The topological polar surface area (TPSA) is 79.7 Å². The first-order chi connectivity index (χ1) is 8.78. The third kappa shape index (κ3) is 1.76. The van der Waals surface area contributed by atoms with Gasteiger partial charge in [-0.15, -0.1) is 0 Å². The van der Waals surface area contributed by atoms with Crippen molar-refractivity contribution in [3.05, 3.63) is 23.8 Å². The van der Waals surface area contributed by atoms with Crippen LogP contribution in [0.4, 0.5) is 5.82 Å². The Bertz CT molecular complexity index is 579. The Morgan fingerprint density at radius 1 is 1.33 bits per heavy atom. The van der Waals surface area contributed by atoms with Crippen LogP contribution in [-0.4, -0.2) is 19.1 Å². The van der Waals surface area contributed by atoms with Gasteiger partial charge in [0, 0.05) is 11.6 Å². The molecule has 0 atom stereocenters. The Morgan fingerprint density at radius 2 is 2.22 bits per heavy atom. The number of methoxy groups -OCH3 is 1. The van der Waals surface area contributed by atoms with Gasteiger partial charge in [-0.25, -0.2) is 0 Å². The second-order valence-corrected chi connectivity index (χ2v) is 3.89. The molecule has 0 amide bonds. The highest BCUT2D eigenvalue weighted by molar-refractivity contribution is 5.70. The van der Waals surface area contributed by atoms with E-state index >= 15 is 0 Å². The fraction of sp³-hybridized carbons (Fsp3) is 0.250. The summed E-state index contributed by atoms with van der Waals surface area (Å²) in [6, 6.07) is 5.35. The molecule has 2 N–H and O–H groups in total. The van der Waals surface area contributed by atoms with Crippen molar-refractivity contribution in [3.63, 3.8) is 0 Å². The predicted molar refractivity (Wildman–Crippen MR) is 63.2 cm³/mol. The molecule has 0 unspecified atom stereocenters. The molecule has 0 bridgehead atoms. The van der Waals surface area contributed by atoms with Crippen molar-refractivity contribution < 1.29 is 18.7 Å². The summed E-state index contributed by atoms with van der Waals surface area (Å²) in [5.74, 6) is 2.29. The highest BCUT2D eigenvalue weighted by Crippen LogP contribution is 2.38. The van der Waals surface area contributed by atoms with Crippen LogP contribution >= 0.6 is 0 Å². The lowest BCUT2D eigenvalue weighted by Gasteiger charge is -2.19. The van der Waals surface area contributed by atoms with E-state index in [1.807, 2.05) is 12.1 Å². The normalized spacial score (nSPS) is 13.8. The minimum Gasteiger partial charge on any atom is -0.496 e. The van der Waals surface area contributed by atoms with Crippen LogP contribution in [0.15, 0.2) is 22.7 Å². The van der Waals surface area contributed by atoms with E-state index in [0.717, 1.165) is 16.9 Å². The van der Waals surface area contributed by atoms with Gasteiger partial charge < -0.3 is 24.5 Å².